The van der Waals surface area contributed by atoms with E-state index in [1.54, 1.807) is 0 Å². The molecule has 0 aliphatic heterocycles. The minimum Gasteiger partial charge on any atom is -0.352 e. The molecule has 0 radical (unpaired) electrons. The van der Waals surface area contributed by atoms with E-state index in [1.165, 1.54) is 0 Å². The molecule has 1 N–H and O–H groups in total. The fourth-order valence-electron chi connectivity index (χ4n) is 3.02. The number of hydrogen-bond acceptors (Lipinski definition) is 2. The van der Waals surface area contributed by atoms with Crippen LogP contribution in [0.25, 0.3) is 0 Å². The first kappa shape index (κ1) is 17.6. The number of rotatable bonds is 3. The number of nitrogens with zero attached hydrogens (tertiary/aromatic N) is 1. The zero-order valence-electron chi connectivity index (χ0n) is 13.2. The van der Waals surface area contributed by atoms with Crippen LogP contribution in [0.4, 0.5) is 13.2 Å². The highest BCUT2D eigenvalue weighted by Gasteiger charge is 2.31. The Morgan fingerprint density at radius 3 is 2.65 bits per heavy atom. The standard InChI is InChI=1S/C16H21F3N2O2/c1-10-4-3-5-13(11(10)2)20-14(22)9-21-8-12(16(17,18)19)6-7-15(21)23/h6-8,10-11,13H,3-5,9H2,1-2H3,(H,20,22)/t10-,11+,13+/m0/s1. The second-order valence-corrected chi connectivity index (χ2v) is 6.32. The lowest BCUT2D eigenvalue weighted by atomic mass is 9.78. The molecule has 4 nitrogen and oxygen atoms in total. The van der Waals surface area contributed by atoms with Crippen molar-refractivity contribution in [1.29, 1.82) is 0 Å². The average Bonchev–Trinajstić information content (AvgIpc) is 2.45. The summed E-state index contributed by atoms with van der Waals surface area (Å²) in [4.78, 5) is 23.8. The number of amides is 1. The molecule has 0 aromatic carbocycles. The minimum atomic E-state index is -4.54. The molecule has 7 heteroatoms. The van der Waals surface area contributed by atoms with Crippen LogP contribution in [0.5, 0.6) is 0 Å². The van der Waals surface area contributed by atoms with Crippen LogP contribution in [0.3, 0.4) is 0 Å². The first-order valence-corrected chi connectivity index (χ1v) is 7.75. The highest BCUT2D eigenvalue weighted by molar-refractivity contribution is 5.76. The number of nitrogens with one attached hydrogen (secondary N) is 1. The number of hydrogen-bond donors (Lipinski definition) is 1. The zero-order chi connectivity index (χ0) is 17.2. The maximum atomic E-state index is 12.7. The van der Waals surface area contributed by atoms with E-state index >= 15 is 0 Å². The van der Waals surface area contributed by atoms with Crippen molar-refractivity contribution in [2.45, 2.75) is 51.9 Å². The van der Waals surface area contributed by atoms with Crippen molar-refractivity contribution >= 4 is 5.91 Å². The second kappa shape index (κ2) is 6.76. The predicted molar refractivity (Wildman–Crippen MR) is 79.8 cm³/mol. The molecule has 1 aliphatic carbocycles. The van der Waals surface area contributed by atoms with E-state index in [0.717, 1.165) is 36.0 Å². The molecule has 2 rings (SSSR count). The summed E-state index contributed by atoms with van der Waals surface area (Å²) in [5, 5.41) is 2.85. The van der Waals surface area contributed by atoms with Crippen LogP contribution >= 0.6 is 0 Å². The molecule has 128 valence electrons. The van der Waals surface area contributed by atoms with E-state index in [4.69, 9.17) is 0 Å². The SMILES string of the molecule is C[C@@H]1[C@@H](C)CCC[C@H]1NC(=O)Cn1cc(C(F)(F)F)ccc1=O. The van der Waals surface area contributed by atoms with Crippen LogP contribution in [-0.2, 0) is 17.5 Å². The van der Waals surface area contributed by atoms with Crippen molar-refractivity contribution in [3.8, 4) is 0 Å². The number of pyridine rings is 1. The van der Waals surface area contributed by atoms with Crippen LogP contribution < -0.4 is 10.9 Å². The van der Waals surface area contributed by atoms with Crippen LogP contribution in [0.15, 0.2) is 23.1 Å². The summed E-state index contributed by atoms with van der Waals surface area (Å²) in [6.07, 6.45) is -0.872. The Morgan fingerprint density at radius 2 is 2.00 bits per heavy atom. The summed E-state index contributed by atoms with van der Waals surface area (Å²) in [5.41, 5.74) is -1.57. The maximum absolute atomic E-state index is 12.7. The lowest BCUT2D eigenvalue weighted by molar-refractivity contribution is -0.138. The van der Waals surface area contributed by atoms with Crippen LogP contribution in [0, 0.1) is 11.8 Å². The lowest BCUT2D eigenvalue weighted by Crippen LogP contribution is -2.45. The van der Waals surface area contributed by atoms with Gasteiger partial charge in [0.05, 0.1) is 5.56 Å². The first-order chi connectivity index (χ1) is 10.7. The molecule has 1 aliphatic rings. The van der Waals surface area contributed by atoms with Crippen molar-refractivity contribution < 1.29 is 18.0 Å². The van der Waals surface area contributed by atoms with E-state index in [-0.39, 0.29) is 6.04 Å². The molecule has 0 bridgehead atoms. The molecule has 23 heavy (non-hydrogen) atoms. The molecule has 1 fully saturated rings. The number of carbonyl (C=O) groups is 1. The summed E-state index contributed by atoms with van der Waals surface area (Å²) in [5.74, 6) is 0.369. The highest BCUT2D eigenvalue weighted by atomic mass is 19.4. The third-order valence-corrected chi connectivity index (χ3v) is 4.68. The molecular weight excluding hydrogens is 309 g/mol. The van der Waals surface area contributed by atoms with Gasteiger partial charge in [-0.15, -0.1) is 0 Å². The van der Waals surface area contributed by atoms with Crippen molar-refractivity contribution in [2.75, 3.05) is 0 Å². The van der Waals surface area contributed by atoms with Gasteiger partial charge in [-0.2, -0.15) is 13.2 Å². The summed E-state index contributed by atoms with van der Waals surface area (Å²) < 4.78 is 38.9. The smallest absolute Gasteiger partial charge is 0.352 e. The fraction of sp³-hybridized carbons (Fsp3) is 0.625. The van der Waals surface area contributed by atoms with E-state index < -0.39 is 29.8 Å². The Hall–Kier alpha value is -1.79. The molecule has 1 aromatic heterocycles. The molecule has 3 atom stereocenters. The van der Waals surface area contributed by atoms with Gasteiger partial charge in [0.25, 0.3) is 5.56 Å². The normalized spacial score (nSPS) is 25.2. The fourth-order valence-corrected chi connectivity index (χ4v) is 3.02. The monoisotopic (exact) mass is 330 g/mol. The van der Waals surface area contributed by atoms with Crippen molar-refractivity contribution in [3.05, 3.63) is 34.2 Å². The predicted octanol–water partition coefficient (Wildman–Crippen LogP) is 2.81. The van der Waals surface area contributed by atoms with Gasteiger partial charge in [-0.1, -0.05) is 26.7 Å². The zero-order valence-corrected chi connectivity index (χ0v) is 13.2. The third kappa shape index (κ3) is 4.36. The maximum Gasteiger partial charge on any atom is 0.417 e. The van der Waals surface area contributed by atoms with Gasteiger partial charge < -0.3 is 9.88 Å². The van der Waals surface area contributed by atoms with Crippen molar-refractivity contribution in [3.63, 3.8) is 0 Å². The van der Waals surface area contributed by atoms with Gasteiger partial charge >= 0.3 is 6.18 Å². The van der Waals surface area contributed by atoms with E-state index in [0.29, 0.717) is 18.0 Å². The van der Waals surface area contributed by atoms with Gasteiger partial charge in [0.15, 0.2) is 0 Å². The number of carbonyl (C=O) groups excluding carboxylic acids is 1. The van der Waals surface area contributed by atoms with Gasteiger partial charge in [0, 0.05) is 18.3 Å². The van der Waals surface area contributed by atoms with Crippen LogP contribution in [-0.4, -0.2) is 16.5 Å². The second-order valence-electron chi connectivity index (χ2n) is 6.32. The van der Waals surface area contributed by atoms with Gasteiger partial charge in [-0.3, -0.25) is 9.59 Å². The molecule has 1 amide bonds. The summed E-state index contributed by atoms with van der Waals surface area (Å²) >= 11 is 0. The summed E-state index contributed by atoms with van der Waals surface area (Å²) in [7, 11) is 0. The number of aromatic nitrogens is 1. The largest absolute Gasteiger partial charge is 0.417 e. The average molecular weight is 330 g/mol. The third-order valence-electron chi connectivity index (χ3n) is 4.68. The highest BCUT2D eigenvalue weighted by Crippen LogP contribution is 2.30. The Balaban J connectivity index is 2.07. The molecule has 1 saturated carbocycles. The molecule has 1 heterocycles. The summed E-state index contributed by atoms with van der Waals surface area (Å²) in [6.45, 7) is 3.78. The first-order valence-electron chi connectivity index (χ1n) is 7.75. The van der Waals surface area contributed by atoms with Gasteiger partial charge in [-0.25, -0.2) is 0 Å². The van der Waals surface area contributed by atoms with E-state index in [1.807, 2.05) is 0 Å². The number of alkyl halides is 3. The minimum absolute atomic E-state index is 0.00718. The Kier molecular flexibility index (Phi) is 5.16. The Labute approximate surface area is 132 Å². The van der Waals surface area contributed by atoms with Gasteiger partial charge in [-0.05, 0) is 24.3 Å². The van der Waals surface area contributed by atoms with Gasteiger partial charge in [0.2, 0.25) is 5.91 Å². The molecule has 1 aromatic rings. The van der Waals surface area contributed by atoms with Crippen LogP contribution in [0.2, 0.25) is 0 Å². The topological polar surface area (TPSA) is 51.1 Å². The van der Waals surface area contributed by atoms with Gasteiger partial charge in [0.1, 0.15) is 6.54 Å². The van der Waals surface area contributed by atoms with E-state index in [2.05, 4.69) is 19.2 Å². The molecule has 0 unspecified atom stereocenters. The molecule has 0 saturated heterocycles. The molecule has 0 spiro atoms. The molecular formula is C16H21F3N2O2. The Bertz CT molecular complexity index is 624. The lowest BCUT2D eigenvalue weighted by Gasteiger charge is -2.34. The van der Waals surface area contributed by atoms with Crippen molar-refractivity contribution in [1.82, 2.24) is 9.88 Å². The quantitative estimate of drug-likeness (QED) is 0.926. The van der Waals surface area contributed by atoms with E-state index in [9.17, 15) is 22.8 Å². The Morgan fingerprint density at radius 1 is 1.30 bits per heavy atom. The summed E-state index contributed by atoms with van der Waals surface area (Å²) in [6, 6.07) is 1.57. The number of halogens is 3. The van der Waals surface area contributed by atoms with Crippen LogP contribution in [0.1, 0.15) is 38.7 Å². The van der Waals surface area contributed by atoms with Crippen molar-refractivity contribution in [2.24, 2.45) is 11.8 Å².